The minimum atomic E-state index is -3.06. The number of Topliss-reactive ketones (excluding diaryl/α,β-unsaturated/α-hetero) is 1. The second-order valence-corrected chi connectivity index (χ2v) is 8.39. The predicted octanol–water partition coefficient (Wildman–Crippen LogP) is 3.16. The predicted molar refractivity (Wildman–Crippen MR) is 102 cm³/mol. The van der Waals surface area contributed by atoms with Gasteiger partial charge in [0, 0.05) is 12.0 Å². The van der Waals surface area contributed by atoms with Crippen molar-refractivity contribution >= 4 is 27.5 Å². The molecule has 7 heteroatoms. The Morgan fingerprint density at radius 2 is 1.70 bits per heavy atom. The van der Waals surface area contributed by atoms with Crippen LogP contribution in [0.15, 0.2) is 42.5 Å². The molecule has 6 nitrogen and oxygen atoms in total. The van der Waals surface area contributed by atoms with Crippen molar-refractivity contribution in [1.82, 2.24) is 0 Å². The van der Waals surface area contributed by atoms with Crippen LogP contribution in [-0.4, -0.2) is 25.3 Å². The number of carboxylic acid groups (broad SMARTS) is 1. The number of carbonyl (C=O) groups excluding carboxylic acids is 1. The van der Waals surface area contributed by atoms with E-state index >= 15 is 0 Å². The van der Waals surface area contributed by atoms with Gasteiger partial charge in [-0.25, -0.2) is 8.42 Å². The first-order chi connectivity index (χ1) is 12.8. The summed E-state index contributed by atoms with van der Waals surface area (Å²) in [5, 5.41) is 8.51. The second-order valence-electron chi connectivity index (χ2n) is 6.67. The molecule has 142 valence electrons. The summed E-state index contributed by atoms with van der Waals surface area (Å²) in [4.78, 5) is 22.1. The van der Waals surface area contributed by atoms with Crippen LogP contribution in [-0.2, 0) is 33.4 Å². The fraction of sp³-hybridized carbons (Fsp3) is 0.300. The standard InChI is InChI=1S/C13H14O3.C7H7NO2S/c14-12(6-7-13(15)16)11-5-4-9-2-1-3-10(9)8-11;9-11(10)5-6-3-1-2-4-7(6)8-11/h4-5,8H,1-3,6-7H2,(H,15,16);1-4,8H,5H2. The third-order valence-corrected chi connectivity index (χ3v) is 5.84. The number of aliphatic carboxylic acids is 1. The Kier molecular flexibility index (Phi) is 5.60. The lowest BCUT2D eigenvalue weighted by Gasteiger charge is -2.03. The van der Waals surface area contributed by atoms with E-state index in [-0.39, 0.29) is 24.4 Å². The summed E-state index contributed by atoms with van der Waals surface area (Å²) < 4.78 is 24.4. The maximum absolute atomic E-state index is 11.7. The molecule has 0 radical (unpaired) electrons. The second kappa shape index (κ2) is 7.92. The number of sulfonamides is 1. The van der Waals surface area contributed by atoms with Gasteiger partial charge in [-0.3, -0.25) is 14.3 Å². The number of benzene rings is 2. The van der Waals surface area contributed by atoms with Gasteiger partial charge in [0.1, 0.15) is 0 Å². The molecule has 1 aliphatic heterocycles. The number of fused-ring (bicyclic) bond motifs is 2. The fourth-order valence-corrected chi connectivity index (χ4v) is 4.53. The number of rotatable bonds is 4. The molecule has 0 spiro atoms. The Morgan fingerprint density at radius 3 is 2.44 bits per heavy atom. The van der Waals surface area contributed by atoms with E-state index in [4.69, 9.17) is 5.11 Å². The molecule has 4 rings (SSSR count). The lowest BCUT2D eigenvalue weighted by Crippen LogP contribution is -2.05. The lowest BCUT2D eigenvalue weighted by molar-refractivity contribution is -0.136. The molecule has 0 aromatic heterocycles. The molecular formula is C20H21NO5S. The molecule has 0 atom stereocenters. The van der Waals surface area contributed by atoms with Crippen LogP contribution in [0, 0.1) is 0 Å². The van der Waals surface area contributed by atoms with Crippen molar-refractivity contribution < 1.29 is 23.1 Å². The van der Waals surface area contributed by atoms with Crippen LogP contribution in [0.3, 0.4) is 0 Å². The van der Waals surface area contributed by atoms with E-state index in [1.807, 2.05) is 36.4 Å². The molecule has 2 aromatic rings. The minimum Gasteiger partial charge on any atom is -0.481 e. The van der Waals surface area contributed by atoms with Crippen LogP contribution in [0.5, 0.6) is 0 Å². The largest absolute Gasteiger partial charge is 0.481 e. The number of hydrogen-bond acceptors (Lipinski definition) is 4. The highest BCUT2D eigenvalue weighted by Gasteiger charge is 2.22. The molecule has 0 unspecified atom stereocenters. The molecule has 0 fully saturated rings. The number of carboxylic acids is 1. The smallest absolute Gasteiger partial charge is 0.303 e. The van der Waals surface area contributed by atoms with Crippen molar-refractivity contribution in [3.05, 3.63) is 64.7 Å². The third-order valence-electron chi connectivity index (χ3n) is 4.61. The average molecular weight is 387 g/mol. The van der Waals surface area contributed by atoms with Gasteiger partial charge in [0.15, 0.2) is 5.78 Å². The van der Waals surface area contributed by atoms with Crippen LogP contribution in [0.1, 0.15) is 46.3 Å². The van der Waals surface area contributed by atoms with Crippen LogP contribution in [0.4, 0.5) is 5.69 Å². The Hall–Kier alpha value is -2.67. The summed E-state index contributed by atoms with van der Waals surface area (Å²) in [6.07, 6.45) is 3.29. The van der Waals surface area contributed by atoms with Crippen LogP contribution in [0.2, 0.25) is 0 Å². The normalized spacial score (nSPS) is 15.7. The molecule has 27 heavy (non-hydrogen) atoms. The lowest BCUT2D eigenvalue weighted by atomic mass is 10.0. The van der Waals surface area contributed by atoms with Gasteiger partial charge in [-0.2, -0.15) is 0 Å². The zero-order chi connectivity index (χ0) is 19.4. The van der Waals surface area contributed by atoms with E-state index in [0.29, 0.717) is 11.3 Å². The van der Waals surface area contributed by atoms with Gasteiger partial charge >= 0.3 is 5.97 Å². The van der Waals surface area contributed by atoms with Crippen molar-refractivity contribution in [3.63, 3.8) is 0 Å². The highest BCUT2D eigenvalue weighted by Crippen LogP contribution is 2.25. The zero-order valence-corrected chi connectivity index (χ0v) is 15.6. The van der Waals surface area contributed by atoms with Crippen molar-refractivity contribution in [3.8, 4) is 0 Å². The first-order valence-corrected chi connectivity index (χ1v) is 10.4. The van der Waals surface area contributed by atoms with Gasteiger partial charge in [0.2, 0.25) is 10.0 Å². The Bertz CT molecular complexity index is 951. The number of hydrogen-bond donors (Lipinski definition) is 2. The summed E-state index contributed by atoms with van der Waals surface area (Å²) in [7, 11) is -3.06. The summed E-state index contributed by atoms with van der Waals surface area (Å²) in [5.74, 6) is -0.880. The number of anilines is 1. The molecule has 2 N–H and O–H groups in total. The average Bonchev–Trinajstić information content (AvgIpc) is 3.21. The summed E-state index contributed by atoms with van der Waals surface area (Å²) in [6, 6.07) is 13.0. The first kappa shape index (κ1) is 19.1. The molecule has 0 bridgehead atoms. The van der Waals surface area contributed by atoms with Gasteiger partial charge in [-0.05, 0) is 48.1 Å². The molecule has 1 heterocycles. The van der Waals surface area contributed by atoms with Crippen molar-refractivity contribution in [1.29, 1.82) is 0 Å². The number of ketones is 1. The quantitative estimate of drug-likeness (QED) is 0.785. The zero-order valence-electron chi connectivity index (χ0n) is 14.8. The minimum absolute atomic E-state index is 0.0721. The summed E-state index contributed by atoms with van der Waals surface area (Å²) >= 11 is 0. The van der Waals surface area contributed by atoms with Gasteiger partial charge < -0.3 is 5.11 Å². The van der Waals surface area contributed by atoms with Crippen molar-refractivity contribution in [2.45, 2.75) is 37.9 Å². The fourth-order valence-electron chi connectivity index (χ4n) is 3.26. The monoisotopic (exact) mass is 387 g/mol. The van der Waals surface area contributed by atoms with Crippen LogP contribution >= 0.6 is 0 Å². The highest BCUT2D eigenvalue weighted by molar-refractivity contribution is 7.92. The first-order valence-electron chi connectivity index (χ1n) is 8.79. The summed E-state index contributed by atoms with van der Waals surface area (Å²) in [5.41, 5.74) is 4.80. The van der Waals surface area contributed by atoms with E-state index in [1.165, 1.54) is 11.1 Å². The van der Waals surface area contributed by atoms with E-state index in [2.05, 4.69) is 4.72 Å². The van der Waals surface area contributed by atoms with Gasteiger partial charge in [0.05, 0.1) is 17.9 Å². The Morgan fingerprint density at radius 1 is 0.963 bits per heavy atom. The Balaban J connectivity index is 0.000000166. The topological polar surface area (TPSA) is 101 Å². The number of para-hydroxylation sites is 1. The van der Waals surface area contributed by atoms with Crippen LogP contribution in [0.25, 0.3) is 0 Å². The maximum Gasteiger partial charge on any atom is 0.303 e. The molecule has 1 aliphatic carbocycles. The molecule has 0 saturated carbocycles. The van der Waals surface area contributed by atoms with Gasteiger partial charge in [-0.15, -0.1) is 0 Å². The number of carbonyl (C=O) groups is 2. The summed E-state index contributed by atoms with van der Waals surface area (Å²) in [6.45, 7) is 0. The van der Waals surface area contributed by atoms with Crippen molar-refractivity contribution in [2.24, 2.45) is 0 Å². The highest BCUT2D eigenvalue weighted by atomic mass is 32.2. The molecule has 0 saturated heterocycles. The van der Waals surface area contributed by atoms with Crippen molar-refractivity contribution in [2.75, 3.05) is 4.72 Å². The molecule has 2 aromatic carbocycles. The van der Waals surface area contributed by atoms with E-state index in [1.54, 1.807) is 6.07 Å². The third kappa shape index (κ3) is 4.95. The van der Waals surface area contributed by atoms with Gasteiger partial charge in [-0.1, -0.05) is 30.3 Å². The SMILES string of the molecule is O=C(O)CCC(=O)c1ccc2c(c1)CCC2.O=S1(=O)Cc2ccccc2N1. The molecular weight excluding hydrogens is 366 g/mol. The Labute approximate surface area is 158 Å². The molecule has 0 amide bonds. The number of aryl methyl sites for hydroxylation is 2. The van der Waals surface area contributed by atoms with E-state index < -0.39 is 16.0 Å². The van der Waals surface area contributed by atoms with E-state index in [0.717, 1.165) is 24.8 Å². The van der Waals surface area contributed by atoms with Gasteiger partial charge in [0.25, 0.3) is 0 Å². The number of nitrogens with one attached hydrogen (secondary N) is 1. The maximum atomic E-state index is 11.7. The van der Waals surface area contributed by atoms with Crippen LogP contribution < -0.4 is 4.72 Å². The molecule has 2 aliphatic rings. The van der Waals surface area contributed by atoms with E-state index in [9.17, 15) is 18.0 Å².